The molecule has 1 aliphatic rings. The van der Waals surface area contributed by atoms with E-state index in [0.717, 1.165) is 4.90 Å². The van der Waals surface area contributed by atoms with Gasteiger partial charge in [-0.1, -0.05) is 12.1 Å². The highest BCUT2D eigenvalue weighted by Gasteiger charge is 2.23. The topological polar surface area (TPSA) is 78.4 Å². The number of rotatable bonds is 4. The molecule has 0 saturated carbocycles. The van der Waals surface area contributed by atoms with Gasteiger partial charge in [0.15, 0.2) is 0 Å². The van der Waals surface area contributed by atoms with Gasteiger partial charge < -0.3 is 15.7 Å². The first kappa shape index (κ1) is 17.4. The molecule has 0 aromatic heterocycles. The van der Waals surface area contributed by atoms with Crippen LogP contribution >= 0.6 is 11.8 Å². The van der Waals surface area contributed by atoms with Crippen LogP contribution in [0.5, 0.6) is 0 Å². The zero-order valence-corrected chi connectivity index (χ0v) is 14.3. The summed E-state index contributed by atoms with van der Waals surface area (Å²) < 4.78 is 13.6. The number of amides is 2. The van der Waals surface area contributed by atoms with E-state index in [1.807, 2.05) is 6.92 Å². The molecule has 0 spiro atoms. The molecule has 0 radical (unpaired) electrons. The van der Waals surface area contributed by atoms with E-state index < -0.39 is 5.82 Å². The summed E-state index contributed by atoms with van der Waals surface area (Å²) in [6.07, 6.45) is 0. The van der Waals surface area contributed by atoms with Crippen LogP contribution < -0.4 is 10.6 Å². The number of carbonyl (C=O) groups excluding carboxylic acids is 2. The molecule has 0 unspecified atom stereocenters. The molecule has 3 rings (SSSR count). The van der Waals surface area contributed by atoms with E-state index in [4.69, 9.17) is 5.11 Å². The van der Waals surface area contributed by atoms with E-state index in [1.54, 1.807) is 24.3 Å². The highest BCUT2D eigenvalue weighted by Crippen LogP contribution is 2.35. The third-order valence-electron chi connectivity index (χ3n) is 3.91. The van der Waals surface area contributed by atoms with Crippen molar-refractivity contribution >= 4 is 29.3 Å². The molecule has 3 N–H and O–H groups in total. The van der Waals surface area contributed by atoms with E-state index in [2.05, 4.69) is 10.6 Å². The van der Waals surface area contributed by atoms with Crippen LogP contribution in [0.1, 0.15) is 28.4 Å². The van der Waals surface area contributed by atoms with Gasteiger partial charge in [-0.2, -0.15) is 0 Å². The summed E-state index contributed by atoms with van der Waals surface area (Å²) in [4.78, 5) is 25.0. The number of nitrogens with one attached hydrogen (secondary N) is 2. The van der Waals surface area contributed by atoms with Gasteiger partial charge in [0.2, 0.25) is 5.91 Å². The van der Waals surface area contributed by atoms with Crippen molar-refractivity contribution in [1.82, 2.24) is 5.32 Å². The lowest BCUT2D eigenvalue weighted by molar-refractivity contribution is -0.115. The number of carbonyl (C=O) groups is 2. The number of fused-ring (bicyclic) bond motifs is 1. The first-order valence-corrected chi connectivity index (χ1v) is 8.64. The van der Waals surface area contributed by atoms with Crippen molar-refractivity contribution in [3.8, 4) is 0 Å². The van der Waals surface area contributed by atoms with Crippen LogP contribution in [0.4, 0.5) is 10.1 Å². The lowest BCUT2D eigenvalue weighted by Crippen LogP contribution is -2.27. The molecule has 1 atom stereocenters. The third kappa shape index (κ3) is 3.83. The standard InChI is InChI=1S/C18H17FN2O3S/c1-10-17(23)21-15-7-12(4-5-16(15)25-10)18(24)20-8-11-2-3-13(9-22)14(19)6-11/h2-7,10,22H,8-9H2,1H3,(H,20,24)(H,21,23)/t10-/m0/s1. The molecule has 0 bridgehead atoms. The fraction of sp³-hybridized carbons (Fsp3) is 0.222. The number of aliphatic hydroxyl groups is 1. The van der Waals surface area contributed by atoms with Crippen molar-refractivity contribution in [2.75, 3.05) is 5.32 Å². The third-order valence-corrected chi connectivity index (χ3v) is 5.09. The van der Waals surface area contributed by atoms with Crippen molar-refractivity contribution < 1.29 is 19.1 Å². The summed E-state index contributed by atoms with van der Waals surface area (Å²) in [6.45, 7) is 1.62. The molecule has 2 aromatic carbocycles. The predicted molar refractivity (Wildman–Crippen MR) is 93.9 cm³/mol. The molecule has 130 valence electrons. The van der Waals surface area contributed by atoms with Gasteiger partial charge in [0, 0.05) is 22.6 Å². The fourth-order valence-electron chi connectivity index (χ4n) is 2.46. The van der Waals surface area contributed by atoms with Crippen molar-refractivity contribution in [3.05, 3.63) is 58.9 Å². The van der Waals surface area contributed by atoms with Crippen LogP contribution in [0.2, 0.25) is 0 Å². The zero-order valence-electron chi connectivity index (χ0n) is 13.5. The van der Waals surface area contributed by atoms with E-state index in [0.29, 0.717) is 16.8 Å². The zero-order chi connectivity index (χ0) is 18.0. The van der Waals surface area contributed by atoms with E-state index in [9.17, 15) is 14.0 Å². The van der Waals surface area contributed by atoms with E-state index in [1.165, 1.54) is 23.9 Å². The summed E-state index contributed by atoms with van der Waals surface area (Å²) >= 11 is 1.45. The minimum Gasteiger partial charge on any atom is -0.392 e. The fourth-order valence-corrected chi connectivity index (χ4v) is 3.39. The Morgan fingerprint density at radius 3 is 2.84 bits per heavy atom. The second-order valence-corrected chi connectivity index (χ2v) is 7.11. The molecule has 2 aromatic rings. The predicted octanol–water partition coefficient (Wildman–Crippen LogP) is 2.68. The van der Waals surface area contributed by atoms with Gasteiger partial charge in [0.25, 0.3) is 5.91 Å². The molecule has 2 amide bonds. The minimum atomic E-state index is -0.503. The van der Waals surface area contributed by atoms with E-state index in [-0.39, 0.29) is 35.8 Å². The maximum Gasteiger partial charge on any atom is 0.251 e. The van der Waals surface area contributed by atoms with Crippen LogP contribution in [0.25, 0.3) is 0 Å². The number of thioether (sulfide) groups is 1. The maximum atomic E-state index is 13.6. The molecule has 1 heterocycles. The highest BCUT2D eigenvalue weighted by molar-refractivity contribution is 8.00. The summed E-state index contributed by atoms with van der Waals surface area (Å²) in [7, 11) is 0. The molecule has 7 heteroatoms. The van der Waals surface area contributed by atoms with Crippen LogP contribution in [0.3, 0.4) is 0 Å². The molecule has 0 saturated heterocycles. The molecule has 0 aliphatic carbocycles. The first-order chi connectivity index (χ1) is 12.0. The number of hydrogen-bond acceptors (Lipinski definition) is 4. The average molecular weight is 360 g/mol. The van der Waals surface area contributed by atoms with Crippen molar-refractivity contribution in [2.24, 2.45) is 0 Å². The summed E-state index contributed by atoms with van der Waals surface area (Å²) in [5.74, 6) is -0.904. The van der Waals surface area contributed by atoms with Crippen LogP contribution in [-0.4, -0.2) is 22.2 Å². The number of aliphatic hydroxyl groups excluding tert-OH is 1. The molecule has 5 nitrogen and oxygen atoms in total. The van der Waals surface area contributed by atoms with E-state index >= 15 is 0 Å². The van der Waals surface area contributed by atoms with Gasteiger partial charge in [-0.15, -0.1) is 11.8 Å². The lowest BCUT2D eigenvalue weighted by atomic mass is 10.1. The molecular formula is C18H17FN2O3S. The largest absolute Gasteiger partial charge is 0.392 e. The van der Waals surface area contributed by atoms with Crippen molar-refractivity contribution in [3.63, 3.8) is 0 Å². The Morgan fingerprint density at radius 2 is 2.12 bits per heavy atom. The Morgan fingerprint density at radius 1 is 1.32 bits per heavy atom. The highest BCUT2D eigenvalue weighted by atomic mass is 32.2. The monoisotopic (exact) mass is 360 g/mol. The van der Waals surface area contributed by atoms with Crippen LogP contribution in [0, 0.1) is 5.82 Å². The lowest BCUT2D eigenvalue weighted by Gasteiger charge is -2.21. The van der Waals surface area contributed by atoms with Crippen molar-refractivity contribution in [2.45, 2.75) is 30.2 Å². The van der Waals surface area contributed by atoms with Gasteiger partial charge in [0.05, 0.1) is 17.5 Å². The van der Waals surface area contributed by atoms with Crippen LogP contribution in [0.15, 0.2) is 41.3 Å². The SMILES string of the molecule is C[C@@H]1Sc2ccc(C(=O)NCc3ccc(CO)c(F)c3)cc2NC1=O. The summed E-state index contributed by atoms with van der Waals surface area (Å²) in [5.41, 5.74) is 1.85. The molecular weight excluding hydrogens is 343 g/mol. The molecule has 25 heavy (non-hydrogen) atoms. The summed E-state index contributed by atoms with van der Waals surface area (Å²) in [6, 6.07) is 9.57. The Labute approximate surface area is 148 Å². The minimum absolute atomic E-state index is 0.0884. The Bertz CT molecular complexity index is 841. The van der Waals surface area contributed by atoms with Gasteiger partial charge in [-0.05, 0) is 36.8 Å². The number of halogens is 1. The first-order valence-electron chi connectivity index (χ1n) is 7.76. The quantitative estimate of drug-likeness (QED) is 0.783. The Kier molecular flexibility index (Phi) is 5.06. The van der Waals surface area contributed by atoms with Gasteiger partial charge >= 0.3 is 0 Å². The number of benzene rings is 2. The number of anilines is 1. The second-order valence-electron chi connectivity index (χ2n) is 5.73. The van der Waals surface area contributed by atoms with Gasteiger partial charge in [-0.3, -0.25) is 9.59 Å². The van der Waals surface area contributed by atoms with Gasteiger partial charge in [0.1, 0.15) is 5.82 Å². The summed E-state index contributed by atoms with van der Waals surface area (Å²) in [5, 5.41) is 14.3. The maximum absolute atomic E-state index is 13.6. The Balaban J connectivity index is 1.69. The molecule has 0 fully saturated rings. The smallest absolute Gasteiger partial charge is 0.251 e. The average Bonchev–Trinajstić information content (AvgIpc) is 2.60. The number of hydrogen-bond donors (Lipinski definition) is 3. The normalized spacial score (nSPS) is 16.1. The molecule has 1 aliphatic heterocycles. The Hall–Kier alpha value is -2.38. The van der Waals surface area contributed by atoms with Crippen LogP contribution in [-0.2, 0) is 17.9 Å². The second kappa shape index (κ2) is 7.25. The van der Waals surface area contributed by atoms with Gasteiger partial charge in [-0.25, -0.2) is 4.39 Å². The van der Waals surface area contributed by atoms with Crippen molar-refractivity contribution in [1.29, 1.82) is 0 Å².